The van der Waals surface area contributed by atoms with Crippen molar-refractivity contribution in [3.8, 4) is 17.6 Å². The van der Waals surface area contributed by atoms with Crippen LogP contribution in [0.1, 0.15) is 39.5 Å². The van der Waals surface area contributed by atoms with Crippen LogP contribution in [0.15, 0.2) is 60.2 Å². The van der Waals surface area contributed by atoms with Crippen LogP contribution in [0.2, 0.25) is 0 Å². The predicted molar refractivity (Wildman–Crippen MR) is 146 cm³/mol. The molecule has 0 bridgehead atoms. The van der Waals surface area contributed by atoms with Crippen molar-refractivity contribution in [3.63, 3.8) is 0 Å². The zero-order valence-electron chi connectivity index (χ0n) is 20.1. The second-order valence-corrected chi connectivity index (χ2v) is 9.16. The molecule has 0 fully saturated rings. The van der Waals surface area contributed by atoms with Crippen LogP contribution in [-0.4, -0.2) is 23.6 Å². The number of carboxylic acids is 1. The van der Waals surface area contributed by atoms with Gasteiger partial charge in [-0.15, -0.1) is 0 Å². The molecule has 0 spiro atoms. The van der Waals surface area contributed by atoms with E-state index in [2.05, 4.69) is 27.9 Å². The Morgan fingerprint density at radius 1 is 1.08 bits per heavy atom. The Kier molecular flexibility index (Phi) is 9.08. The Morgan fingerprint density at radius 2 is 1.81 bits per heavy atom. The zero-order valence-corrected chi connectivity index (χ0v) is 22.3. The third-order valence-corrected chi connectivity index (χ3v) is 6.03. The number of carbonyl (C=O) groups excluding carboxylic acids is 1. The van der Waals surface area contributed by atoms with Gasteiger partial charge in [0.1, 0.15) is 18.2 Å². The van der Waals surface area contributed by atoms with Crippen LogP contribution in [0.5, 0.6) is 11.5 Å². The highest BCUT2D eigenvalue weighted by Gasteiger charge is 2.15. The lowest BCUT2D eigenvalue weighted by Crippen LogP contribution is -2.14. The van der Waals surface area contributed by atoms with E-state index in [9.17, 15) is 14.9 Å². The van der Waals surface area contributed by atoms with E-state index in [4.69, 9.17) is 14.6 Å². The number of nitriles is 1. The van der Waals surface area contributed by atoms with E-state index in [1.54, 1.807) is 24.3 Å². The molecule has 3 aromatic rings. The second-order valence-electron chi connectivity index (χ2n) is 8.00. The number of hydrogen-bond donors (Lipinski definition) is 2. The number of amides is 1. The molecule has 0 unspecified atom stereocenters. The predicted octanol–water partition coefficient (Wildman–Crippen LogP) is 6.13. The lowest BCUT2D eigenvalue weighted by atomic mass is 10.1. The van der Waals surface area contributed by atoms with Crippen LogP contribution in [0.4, 0.5) is 5.69 Å². The summed E-state index contributed by atoms with van der Waals surface area (Å²) < 4.78 is 12.5. The summed E-state index contributed by atoms with van der Waals surface area (Å²) in [5.74, 6) is -0.483. The monoisotopic (exact) mass is 596 g/mol. The van der Waals surface area contributed by atoms with Gasteiger partial charge in [-0.05, 0) is 102 Å². The van der Waals surface area contributed by atoms with E-state index in [1.807, 2.05) is 45.0 Å². The molecular weight excluding hydrogens is 571 g/mol. The molecule has 0 heterocycles. The largest absolute Gasteiger partial charge is 0.490 e. The Labute approximate surface area is 223 Å². The van der Waals surface area contributed by atoms with E-state index < -0.39 is 11.9 Å². The van der Waals surface area contributed by atoms with Crippen molar-refractivity contribution in [2.45, 2.75) is 27.4 Å². The molecule has 0 aromatic heterocycles. The molecule has 184 valence electrons. The van der Waals surface area contributed by atoms with E-state index in [0.29, 0.717) is 29.4 Å². The van der Waals surface area contributed by atoms with Crippen molar-refractivity contribution in [3.05, 3.63) is 91.6 Å². The van der Waals surface area contributed by atoms with Crippen molar-refractivity contribution in [1.29, 1.82) is 5.26 Å². The summed E-state index contributed by atoms with van der Waals surface area (Å²) in [7, 11) is 0. The molecule has 0 aliphatic carbocycles. The van der Waals surface area contributed by atoms with E-state index >= 15 is 0 Å². The molecule has 8 heteroatoms. The van der Waals surface area contributed by atoms with Crippen molar-refractivity contribution < 1.29 is 24.2 Å². The minimum absolute atomic E-state index is 0.0404. The number of halogens is 1. The van der Waals surface area contributed by atoms with Gasteiger partial charge in [0.2, 0.25) is 0 Å². The summed E-state index contributed by atoms with van der Waals surface area (Å²) in [6, 6.07) is 17.7. The van der Waals surface area contributed by atoms with Gasteiger partial charge < -0.3 is 19.9 Å². The summed E-state index contributed by atoms with van der Waals surface area (Å²) in [5, 5.41) is 21.5. The molecule has 0 saturated heterocycles. The maximum Gasteiger partial charge on any atom is 0.335 e. The number of nitrogens with one attached hydrogen (secondary N) is 1. The first kappa shape index (κ1) is 26.8. The van der Waals surface area contributed by atoms with Crippen LogP contribution in [0, 0.1) is 28.7 Å². The quantitative estimate of drug-likeness (QED) is 0.175. The van der Waals surface area contributed by atoms with Gasteiger partial charge in [-0.3, -0.25) is 4.79 Å². The molecule has 3 rings (SSSR count). The SMILES string of the molecule is CCOc1cc(/C=C(\C#N)C(=O)Nc2cc(C)ccc2C)cc(I)c1OCc1ccc(C(=O)O)cc1. The second kappa shape index (κ2) is 12.2. The van der Waals surface area contributed by atoms with Crippen LogP contribution in [0.3, 0.4) is 0 Å². The van der Waals surface area contributed by atoms with Crippen LogP contribution in [-0.2, 0) is 11.4 Å². The molecule has 0 aliphatic heterocycles. The van der Waals surface area contributed by atoms with Gasteiger partial charge in [-0.1, -0.05) is 24.3 Å². The molecule has 36 heavy (non-hydrogen) atoms. The number of carboxylic acid groups (broad SMARTS) is 1. The smallest absolute Gasteiger partial charge is 0.335 e. The summed E-state index contributed by atoms with van der Waals surface area (Å²) >= 11 is 2.12. The maximum absolute atomic E-state index is 12.8. The highest BCUT2D eigenvalue weighted by atomic mass is 127. The normalized spacial score (nSPS) is 10.9. The summed E-state index contributed by atoms with van der Waals surface area (Å²) in [6.07, 6.45) is 1.51. The molecule has 0 saturated carbocycles. The average molecular weight is 596 g/mol. The Morgan fingerprint density at radius 3 is 2.44 bits per heavy atom. The van der Waals surface area contributed by atoms with Gasteiger partial charge in [-0.25, -0.2) is 4.79 Å². The first-order valence-corrected chi connectivity index (χ1v) is 12.2. The number of anilines is 1. The third-order valence-electron chi connectivity index (χ3n) is 5.23. The number of aromatic carboxylic acids is 1. The molecule has 3 aromatic carbocycles. The molecule has 0 aliphatic rings. The molecule has 1 amide bonds. The van der Waals surface area contributed by atoms with Gasteiger partial charge in [0.05, 0.1) is 15.7 Å². The van der Waals surface area contributed by atoms with Crippen molar-refractivity contribution >= 4 is 46.2 Å². The van der Waals surface area contributed by atoms with E-state index in [1.165, 1.54) is 18.2 Å². The van der Waals surface area contributed by atoms with Gasteiger partial charge >= 0.3 is 5.97 Å². The lowest BCUT2D eigenvalue weighted by Gasteiger charge is -2.15. The fraction of sp³-hybridized carbons (Fsp3) is 0.179. The molecule has 2 N–H and O–H groups in total. The lowest BCUT2D eigenvalue weighted by molar-refractivity contribution is -0.112. The Balaban J connectivity index is 1.84. The van der Waals surface area contributed by atoms with Crippen LogP contribution in [0.25, 0.3) is 6.08 Å². The number of nitrogens with zero attached hydrogens (tertiary/aromatic N) is 1. The van der Waals surface area contributed by atoms with Crippen molar-refractivity contribution in [2.75, 3.05) is 11.9 Å². The Hall–Kier alpha value is -3.84. The number of rotatable bonds is 9. The standard InChI is InChI=1S/C28H25IN2O5/c1-4-35-25-14-20(12-22(15-30)27(32)31-24-11-17(2)5-6-18(24)3)13-23(29)26(25)36-16-19-7-9-21(10-8-19)28(33)34/h5-14H,4,16H2,1-3H3,(H,31,32)(H,33,34)/b22-12+. The molecule has 7 nitrogen and oxygen atoms in total. The highest BCUT2D eigenvalue weighted by molar-refractivity contribution is 14.1. The number of ether oxygens (including phenoxy) is 2. The summed E-state index contributed by atoms with van der Waals surface area (Å²) in [6.45, 7) is 6.28. The Bertz CT molecular complexity index is 1360. The zero-order chi connectivity index (χ0) is 26.2. The maximum atomic E-state index is 12.8. The number of hydrogen-bond acceptors (Lipinski definition) is 5. The van der Waals surface area contributed by atoms with E-state index in [0.717, 1.165) is 20.3 Å². The minimum atomic E-state index is -0.987. The number of benzene rings is 3. The summed E-state index contributed by atoms with van der Waals surface area (Å²) in [5.41, 5.74) is 4.15. The van der Waals surface area contributed by atoms with Gasteiger partial charge in [0.25, 0.3) is 5.91 Å². The first-order valence-electron chi connectivity index (χ1n) is 11.1. The van der Waals surface area contributed by atoms with Crippen molar-refractivity contribution in [2.24, 2.45) is 0 Å². The number of aryl methyl sites for hydroxylation is 2. The molecule has 0 atom stereocenters. The van der Waals surface area contributed by atoms with Gasteiger partial charge in [0.15, 0.2) is 11.5 Å². The molecule has 0 radical (unpaired) electrons. The fourth-order valence-electron chi connectivity index (χ4n) is 3.35. The minimum Gasteiger partial charge on any atom is -0.490 e. The third kappa shape index (κ3) is 6.86. The average Bonchev–Trinajstić information content (AvgIpc) is 2.84. The highest BCUT2D eigenvalue weighted by Crippen LogP contribution is 2.35. The van der Waals surface area contributed by atoms with Gasteiger partial charge in [0, 0.05) is 5.69 Å². The fourth-order valence-corrected chi connectivity index (χ4v) is 4.13. The first-order chi connectivity index (χ1) is 17.2. The van der Waals surface area contributed by atoms with E-state index in [-0.39, 0.29) is 17.7 Å². The van der Waals surface area contributed by atoms with Gasteiger partial charge in [-0.2, -0.15) is 5.26 Å². The topological polar surface area (TPSA) is 109 Å². The summed E-state index contributed by atoms with van der Waals surface area (Å²) in [4.78, 5) is 23.8. The van der Waals surface area contributed by atoms with Crippen LogP contribution >= 0.6 is 22.6 Å². The number of carbonyl (C=O) groups is 2. The molecular formula is C28H25IN2O5. The van der Waals surface area contributed by atoms with Crippen molar-refractivity contribution in [1.82, 2.24) is 0 Å². The van der Waals surface area contributed by atoms with Crippen LogP contribution < -0.4 is 14.8 Å².